The van der Waals surface area contributed by atoms with Gasteiger partial charge in [0, 0.05) is 29.6 Å². The zero-order chi connectivity index (χ0) is 19.0. The van der Waals surface area contributed by atoms with Gasteiger partial charge in [-0.1, -0.05) is 26.5 Å². The van der Waals surface area contributed by atoms with Gasteiger partial charge in [-0.15, -0.1) is 6.58 Å². The van der Waals surface area contributed by atoms with Crippen LogP contribution in [0, 0.1) is 28.1 Å². The van der Waals surface area contributed by atoms with E-state index in [4.69, 9.17) is 9.47 Å². The topological polar surface area (TPSA) is 52.6 Å². The van der Waals surface area contributed by atoms with Gasteiger partial charge >= 0.3 is 0 Å². The number of ketones is 2. The first-order valence-electron chi connectivity index (χ1n) is 9.85. The minimum Gasteiger partial charge on any atom is -0.347 e. The minimum atomic E-state index is -0.877. The van der Waals surface area contributed by atoms with Crippen molar-refractivity contribution in [1.82, 2.24) is 0 Å². The smallest absolute Gasteiger partial charge is 0.173 e. The molecule has 4 nitrogen and oxygen atoms in total. The maximum atomic E-state index is 13.7. The average molecular weight is 358 g/mol. The Bertz CT molecular complexity index is 703. The van der Waals surface area contributed by atoms with Crippen molar-refractivity contribution < 1.29 is 19.1 Å². The van der Waals surface area contributed by atoms with Gasteiger partial charge in [0.05, 0.1) is 18.6 Å². The highest BCUT2D eigenvalue weighted by atomic mass is 16.7. The molecule has 0 N–H and O–H groups in total. The van der Waals surface area contributed by atoms with Gasteiger partial charge in [-0.3, -0.25) is 9.59 Å². The summed E-state index contributed by atoms with van der Waals surface area (Å²) in [6, 6.07) is 0. The summed E-state index contributed by atoms with van der Waals surface area (Å²) in [7, 11) is 0. The molecule has 4 rings (SSSR count). The van der Waals surface area contributed by atoms with Gasteiger partial charge in [0.1, 0.15) is 5.78 Å². The molecule has 0 aromatic heterocycles. The third-order valence-corrected chi connectivity index (χ3v) is 8.31. The van der Waals surface area contributed by atoms with Crippen LogP contribution in [0.5, 0.6) is 0 Å². The summed E-state index contributed by atoms with van der Waals surface area (Å²) in [6.07, 6.45) is 5.14. The number of carbonyl (C=O) groups is 2. The Kier molecular flexibility index (Phi) is 3.75. The van der Waals surface area contributed by atoms with Crippen LogP contribution >= 0.6 is 0 Å². The lowest BCUT2D eigenvalue weighted by molar-refractivity contribution is -0.235. The minimum absolute atomic E-state index is 0.0301. The van der Waals surface area contributed by atoms with E-state index in [1.165, 1.54) is 0 Å². The van der Waals surface area contributed by atoms with Crippen LogP contribution in [0.4, 0.5) is 0 Å². The van der Waals surface area contributed by atoms with Crippen molar-refractivity contribution in [1.29, 1.82) is 0 Å². The summed E-state index contributed by atoms with van der Waals surface area (Å²) in [5.74, 6) is -0.567. The fourth-order valence-corrected chi connectivity index (χ4v) is 6.50. The van der Waals surface area contributed by atoms with Crippen LogP contribution in [0.3, 0.4) is 0 Å². The van der Waals surface area contributed by atoms with E-state index in [0.717, 1.165) is 25.7 Å². The fraction of sp³-hybridized carbons (Fsp3) is 0.727. The predicted octanol–water partition coefficient (Wildman–Crippen LogP) is 3.85. The normalized spacial score (nSPS) is 47.6. The van der Waals surface area contributed by atoms with Gasteiger partial charge in [0.15, 0.2) is 11.6 Å². The third-order valence-electron chi connectivity index (χ3n) is 8.31. The molecule has 1 saturated heterocycles. The lowest BCUT2D eigenvalue weighted by Crippen LogP contribution is -2.62. The number of hydrogen-bond donors (Lipinski definition) is 0. The zero-order valence-electron chi connectivity index (χ0n) is 16.2. The molecular formula is C22H30O4. The molecule has 4 fully saturated rings. The zero-order valence-corrected chi connectivity index (χ0v) is 16.2. The van der Waals surface area contributed by atoms with Gasteiger partial charge in [-0.2, -0.15) is 0 Å². The highest BCUT2D eigenvalue weighted by Gasteiger charge is 2.72. The van der Waals surface area contributed by atoms with E-state index < -0.39 is 22.0 Å². The van der Waals surface area contributed by atoms with Gasteiger partial charge in [0.2, 0.25) is 0 Å². The van der Waals surface area contributed by atoms with Crippen LogP contribution in [-0.4, -0.2) is 30.6 Å². The monoisotopic (exact) mass is 358 g/mol. The highest BCUT2D eigenvalue weighted by molar-refractivity contribution is 6.06. The number of carbonyl (C=O) groups excluding carboxylic acids is 2. The molecule has 1 spiro atoms. The lowest BCUT2D eigenvalue weighted by Gasteiger charge is -2.58. The molecule has 0 aromatic carbocycles. The van der Waals surface area contributed by atoms with Crippen molar-refractivity contribution in [3.63, 3.8) is 0 Å². The summed E-state index contributed by atoms with van der Waals surface area (Å²) < 4.78 is 12.4. The Morgan fingerprint density at radius 3 is 2.38 bits per heavy atom. The molecule has 2 bridgehead atoms. The Balaban J connectivity index is 1.96. The van der Waals surface area contributed by atoms with Gasteiger partial charge in [0.25, 0.3) is 0 Å². The van der Waals surface area contributed by atoms with E-state index in [1.807, 2.05) is 6.92 Å². The summed E-state index contributed by atoms with van der Waals surface area (Å²) in [5.41, 5.74) is -1.22. The first kappa shape index (κ1) is 18.1. The molecule has 26 heavy (non-hydrogen) atoms. The highest BCUT2D eigenvalue weighted by Crippen LogP contribution is 2.70. The maximum Gasteiger partial charge on any atom is 0.173 e. The van der Waals surface area contributed by atoms with E-state index in [-0.39, 0.29) is 29.8 Å². The molecule has 142 valence electrons. The third kappa shape index (κ3) is 1.92. The molecule has 4 aliphatic rings. The second-order valence-corrected chi connectivity index (χ2v) is 9.35. The van der Waals surface area contributed by atoms with Crippen LogP contribution in [0.25, 0.3) is 0 Å². The number of rotatable bonds is 1. The van der Waals surface area contributed by atoms with E-state index in [2.05, 4.69) is 27.0 Å². The standard InChI is InChI=1S/C22H30O4/c1-6-19(4)13-16(23)20(5)14(2)7-8-21(15(3)17(19)24)9-10-22(18(20)21)25-11-12-26-22/h6,14,18H,1,3,7-13H2,2,4-5H3/t14-,18?,19+,20+,21+/m1/s1. The molecule has 0 aromatic rings. The van der Waals surface area contributed by atoms with E-state index in [0.29, 0.717) is 18.8 Å². The molecule has 0 amide bonds. The molecule has 3 saturated carbocycles. The van der Waals surface area contributed by atoms with Crippen molar-refractivity contribution in [3.05, 3.63) is 24.8 Å². The summed E-state index contributed by atoms with van der Waals surface area (Å²) in [6.45, 7) is 15.4. The SMILES string of the molecule is C=C[C@@]1(C)CC(=O)[C@@]2(C)C3C4(CC[C@@]3(CC[C@H]2C)C(=C)C1=O)OCCO4. The Labute approximate surface area is 156 Å². The van der Waals surface area contributed by atoms with Gasteiger partial charge < -0.3 is 9.47 Å². The van der Waals surface area contributed by atoms with Crippen LogP contribution in [0.1, 0.15) is 52.9 Å². The molecule has 3 aliphatic carbocycles. The van der Waals surface area contributed by atoms with Crippen molar-refractivity contribution >= 4 is 11.6 Å². The van der Waals surface area contributed by atoms with E-state index in [9.17, 15) is 9.59 Å². The second-order valence-electron chi connectivity index (χ2n) is 9.35. The van der Waals surface area contributed by atoms with Crippen LogP contribution in [0.2, 0.25) is 0 Å². The average Bonchev–Trinajstić information content (AvgIpc) is 3.23. The number of allylic oxidation sites excluding steroid dienone is 2. The predicted molar refractivity (Wildman–Crippen MR) is 98.4 cm³/mol. The molecule has 4 heteroatoms. The van der Waals surface area contributed by atoms with Crippen molar-refractivity contribution in [2.75, 3.05) is 13.2 Å². The largest absolute Gasteiger partial charge is 0.347 e. The number of hydrogen-bond acceptors (Lipinski definition) is 4. The lowest BCUT2D eigenvalue weighted by atomic mass is 9.45. The van der Waals surface area contributed by atoms with E-state index >= 15 is 0 Å². The first-order chi connectivity index (χ1) is 12.2. The molecular weight excluding hydrogens is 328 g/mol. The van der Waals surface area contributed by atoms with Crippen molar-refractivity contribution in [2.24, 2.45) is 28.1 Å². The van der Waals surface area contributed by atoms with Gasteiger partial charge in [-0.25, -0.2) is 0 Å². The Morgan fingerprint density at radius 1 is 1.12 bits per heavy atom. The van der Waals surface area contributed by atoms with Crippen LogP contribution < -0.4 is 0 Å². The molecule has 1 aliphatic heterocycles. The molecule has 1 heterocycles. The van der Waals surface area contributed by atoms with E-state index in [1.54, 1.807) is 6.08 Å². The number of ether oxygens (including phenoxy) is 2. The maximum absolute atomic E-state index is 13.7. The Hall–Kier alpha value is -1.26. The summed E-state index contributed by atoms with van der Waals surface area (Å²) >= 11 is 0. The molecule has 0 radical (unpaired) electrons. The first-order valence-corrected chi connectivity index (χ1v) is 9.85. The number of Topliss-reactive ketones (excluding diaryl/α,β-unsaturated/α-hetero) is 2. The molecule has 1 unspecified atom stereocenters. The summed E-state index contributed by atoms with van der Waals surface area (Å²) in [4.78, 5) is 27.1. The Morgan fingerprint density at radius 2 is 1.77 bits per heavy atom. The van der Waals surface area contributed by atoms with Gasteiger partial charge in [-0.05, 0) is 37.7 Å². The van der Waals surface area contributed by atoms with Crippen LogP contribution in [-0.2, 0) is 19.1 Å². The van der Waals surface area contributed by atoms with Crippen LogP contribution in [0.15, 0.2) is 24.8 Å². The van der Waals surface area contributed by atoms with Crippen molar-refractivity contribution in [3.8, 4) is 0 Å². The summed E-state index contributed by atoms with van der Waals surface area (Å²) in [5, 5.41) is 0. The molecule has 5 atom stereocenters. The quantitative estimate of drug-likeness (QED) is 0.528. The van der Waals surface area contributed by atoms with Crippen molar-refractivity contribution in [2.45, 2.75) is 58.7 Å². The second kappa shape index (κ2) is 5.39. The fourth-order valence-electron chi connectivity index (χ4n) is 6.50.